The first-order chi connectivity index (χ1) is 16.8. The largest absolute Gasteiger partial charge is 0.497 e. The fraction of sp³-hybridized carbons (Fsp3) is 0.435. The van der Waals surface area contributed by atoms with Gasteiger partial charge in [0.25, 0.3) is 5.56 Å². The van der Waals surface area contributed by atoms with E-state index in [-0.39, 0.29) is 23.6 Å². The standard InChI is InChI=1S/C23H29N7O4S/c1-6-28(7-2)10-11-30(22-25-16-9-8-15(34-5)12-17(16)35-22)18(31)13-29-14-24-20-19(29)21(32)27(4)23(33)26(20)3/h8-9,12,14H,6-7,10-11,13H2,1-5H3. The van der Waals surface area contributed by atoms with E-state index in [0.29, 0.717) is 18.2 Å². The number of anilines is 1. The minimum absolute atomic E-state index is 0.110. The molecule has 0 spiro atoms. The van der Waals surface area contributed by atoms with Gasteiger partial charge in [-0.1, -0.05) is 25.2 Å². The van der Waals surface area contributed by atoms with Crippen LogP contribution in [0.4, 0.5) is 5.13 Å². The number of methoxy groups -OCH3 is 1. The van der Waals surface area contributed by atoms with Crippen molar-refractivity contribution in [3.8, 4) is 5.75 Å². The van der Waals surface area contributed by atoms with Crippen molar-refractivity contribution in [2.45, 2.75) is 20.4 Å². The first-order valence-corrected chi connectivity index (χ1v) is 12.2. The van der Waals surface area contributed by atoms with Crippen LogP contribution in [0.15, 0.2) is 34.1 Å². The summed E-state index contributed by atoms with van der Waals surface area (Å²) in [6.45, 7) is 6.91. The fourth-order valence-corrected chi connectivity index (χ4v) is 5.03. The van der Waals surface area contributed by atoms with Crippen molar-refractivity contribution in [2.75, 3.05) is 38.2 Å². The van der Waals surface area contributed by atoms with E-state index in [2.05, 4.69) is 23.7 Å². The number of rotatable bonds is 9. The molecule has 0 radical (unpaired) electrons. The average molecular weight is 500 g/mol. The Labute approximate surface area is 205 Å². The van der Waals surface area contributed by atoms with Crippen molar-refractivity contribution in [1.29, 1.82) is 0 Å². The molecular weight excluding hydrogens is 470 g/mol. The highest BCUT2D eigenvalue weighted by atomic mass is 32.1. The molecule has 1 aromatic carbocycles. The fourth-order valence-electron chi connectivity index (χ4n) is 3.99. The first kappa shape index (κ1) is 24.6. The number of aromatic nitrogens is 5. The zero-order chi connectivity index (χ0) is 25.3. The number of hydrogen-bond donors (Lipinski definition) is 0. The van der Waals surface area contributed by atoms with E-state index >= 15 is 0 Å². The van der Waals surface area contributed by atoms with Crippen molar-refractivity contribution in [1.82, 2.24) is 28.6 Å². The van der Waals surface area contributed by atoms with Crippen LogP contribution >= 0.6 is 11.3 Å². The highest BCUT2D eigenvalue weighted by molar-refractivity contribution is 7.22. The molecule has 0 bridgehead atoms. The minimum atomic E-state index is -0.491. The molecule has 0 aliphatic heterocycles. The minimum Gasteiger partial charge on any atom is -0.497 e. The van der Waals surface area contributed by atoms with Gasteiger partial charge in [0.05, 0.1) is 23.7 Å². The number of ether oxygens (including phenoxy) is 1. The van der Waals surface area contributed by atoms with Gasteiger partial charge < -0.3 is 14.2 Å². The summed E-state index contributed by atoms with van der Waals surface area (Å²) in [6, 6.07) is 5.61. The van der Waals surface area contributed by atoms with Gasteiger partial charge in [0.2, 0.25) is 5.91 Å². The highest BCUT2D eigenvalue weighted by Gasteiger charge is 2.23. The van der Waals surface area contributed by atoms with Crippen molar-refractivity contribution >= 4 is 43.8 Å². The lowest BCUT2D eigenvalue weighted by molar-refractivity contribution is -0.119. The Kier molecular flexibility index (Phi) is 7.03. The monoisotopic (exact) mass is 499 g/mol. The number of aryl methyl sites for hydroxylation is 1. The van der Waals surface area contributed by atoms with E-state index < -0.39 is 11.2 Å². The Bertz CT molecular complexity index is 1500. The molecule has 0 N–H and O–H groups in total. The molecule has 11 nitrogen and oxygen atoms in total. The molecule has 0 aliphatic rings. The van der Waals surface area contributed by atoms with E-state index in [4.69, 9.17) is 9.72 Å². The van der Waals surface area contributed by atoms with Crippen LogP contribution in [0.5, 0.6) is 5.75 Å². The van der Waals surface area contributed by atoms with Crippen LogP contribution in [0.3, 0.4) is 0 Å². The molecule has 0 saturated heterocycles. The topological polar surface area (TPSA) is 107 Å². The molecule has 3 aromatic heterocycles. The molecule has 1 amide bonds. The summed E-state index contributed by atoms with van der Waals surface area (Å²) >= 11 is 1.42. The number of carbonyl (C=O) groups is 1. The van der Waals surface area contributed by atoms with E-state index in [1.165, 1.54) is 33.8 Å². The summed E-state index contributed by atoms with van der Waals surface area (Å²) in [6.07, 6.45) is 1.43. The van der Waals surface area contributed by atoms with Gasteiger partial charge in [-0.3, -0.25) is 23.6 Å². The van der Waals surface area contributed by atoms with E-state index in [9.17, 15) is 14.4 Å². The zero-order valence-electron chi connectivity index (χ0n) is 20.5. The Balaban J connectivity index is 1.72. The van der Waals surface area contributed by atoms with Gasteiger partial charge in [-0.15, -0.1) is 0 Å². The molecule has 0 fully saturated rings. The maximum absolute atomic E-state index is 13.6. The zero-order valence-corrected chi connectivity index (χ0v) is 21.3. The summed E-state index contributed by atoms with van der Waals surface area (Å²) in [5, 5.41) is 0.579. The summed E-state index contributed by atoms with van der Waals surface area (Å²) in [5.41, 5.74) is 0.275. The molecule has 186 valence electrons. The number of amides is 1. The van der Waals surface area contributed by atoms with Crippen molar-refractivity contribution in [3.63, 3.8) is 0 Å². The normalized spacial score (nSPS) is 11.6. The maximum atomic E-state index is 13.6. The molecule has 4 aromatic rings. The number of fused-ring (bicyclic) bond motifs is 2. The molecule has 0 atom stereocenters. The highest BCUT2D eigenvalue weighted by Crippen LogP contribution is 2.31. The SMILES string of the molecule is CCN(CC)CCN(C(=O)Cn1cnc2c1c(=O)n(C)c(=O)n2C)c1nc2ccc(OC)cc2s1. The summed E-state index contributed by atoms with van der Waals surface area (Å²) in [7, 11) is 4.57. The van der Waals surface area contributed by atoms with Crippen LogP contribution in [0, 0.1) is 0 Å². The van der Waals surface area contributed by atoms with Crippen molar-refractivity contribution < 1.29 is 9.53 Å². The predicted molar refractivity (Wildman–Crippen MR) is 137 cm³/mol. The van der Waals surface area contributed by atoms with Crippen LogP contribution < -0.4 is 20.9 Å². The lowest BCUT2D eigenvalue weighted by atomic mass is 10.3. The van der Waals surface area contributed by atoms with E-state index in [0.717, 1.165) is 33.6 Å². The van der Waals surface area contributed by atoms with Gasteiger partial charge in [-0.2, -0.15) is 0 Å². The van der Waals surface area contributed by atoms with Gasteiger partial charge in [-0.25, -0.2) is 14.8 Å². The molecule has 3 heterocycles. The summed E-state index contributed by atoms with van der Waals surface area (Å²) < 4.78 is 10.1. The number of likely N-dealkylation sites (N-methyl/N-ethyl adjacent to an activating group) is 1. The number of hydrogen-bond acceptors (Lipinski definition) is 8. The second-order valence-corrected chi connectivity index (χ2v) is 9.16. The van der Waals surface area contributed by atoms with Crippen LogP contribution in [-0.4, -0.2) is 67.8 Å². The average Bonchev–Trinajstić information content (AvgIpc) is 3.47. The predicted octanol–water partition coefficient (Wildman–Crippen LogP) is 1.43. The smallest absolute Gasteiger partial charge is 0.332 e. The van der Waals surface area contributed by atoms with Crippen molar-refractivity contribution in [3.05, 3.63) is 45.4 Å². The maximum Gasteiger partial charge on any atom is 0.332 e. The number of carbonyl (C=O) groups excluding carboxylic acids is 1. The third-order valence-corrected chi connectivity index (χ3v) is 7.21. The molecular formula is C23H29N7O4S. The summed E-state index contributed by atoms with van der Waals surface area (Å²) in [5.74, 6) is 0.499. The third kappa shape index (κ3) is 4.58. The lowest BCUT2D eigenvalue weighted by Crippen LogP contribution is -2.41. The van der Waals surface area contributed by atoms with Crippen LogP contribution in [0.1, 0.15) is 13.8 Å². The van der Waals surface area contributed by atoms with Gasteiger partial charge in [0.15, 0.2) is 16.3 Å². The van der Waals surface area contributed by atoms with Gasteiger partial charge in [0.1, 0.15) is 12.3 Å². The first-order valence-electron chi connectivity index (χ1n) is 11.4. The Morgan fingerprint density at radius 3 is 2.54 bits per heavy atom. The van der Waals surface area contributed by atoms with E-state index in [1.54, 1.807) is 19.1 Å². The number of thiazole rings is 1. The molecule has 35 heavy (non-hydrogen) atoms. The second-order valence-electron chi connectivity index (χ2n) is 8.15. The Morgan fingerprint density at radius 2 is 1.86 bits per heavy atom. The molecule has 12 heteroatoms. The van der Waals surface area contributed by atoms with Gasteiger partial charge in [0, 0.05) is 27.2 Å². The number of nitrogens with zero attached hydrogens (tertiary/aromatic N) is 7. The van der Waals surface area contributed by atoms with Crippen molar-refractivity contribution in [2.24, 2.45) is 14.1 Å². The van der Waals surface area contributed by atoms with Gasteiger partial charge in [-0.05, 0) is 31.3 Å². The molecule has 0 saturated carbocycles. The Hall–Kier alpha value is -3.51. The van der Waals surface area contributed by atoms with E-state index in [1.807, 2.05) is 18.2 Å². The molecule has 4 rings (SSSR count). The summed E-state index contributed by atoms with van der Waals surface area (Å²) in [4.78, 5) is 51.5. The second kappa shape index (κ2) is 10.0. The molecule has 0 unspecified atom stereocenters. The van der Waals surface area contributed by atoms with Crippen LogP contribution in [0.2, 0.25) is 0 Å². The third-order valence-electron chi connectivity index (χ3n) is 6.17. The molecule has 0 aliphatic carbocycles. The lowest BCUT2D eigenvalue weighted by Gasteiger charge is -2.25. The number of imidazole rings is 1. The number of benzene rings is 1. The Morgan fingerprint density at radius 1 is 1.11 bits per heavy atom. The van der Waals surface area contributed by atoms with Crippen LogP contribution in [-0.2, 0) is 25.4 Å². The quantitative estimate of drug-likeness (QED) is 0.343. The van der Waals surface area contributed by atoms with Gasteiger partial charge >= 0.3 is 5.69 Å². The van der Waals surface area contributed by atoms with Crippen LogP contribution in [0.25, 0.3) is 21.4 Å².